The Morgan fingerprint density at radius 2 is 2.04 bits per heavy atom. The lowest BCUT2D eigenvalue weighted by Crippen LogP contribution is -2.25. The molecule has 0 atom stereocenters. The second-order valence-corrected chi connectivity index (χ2v) is 5.62. The third kappa shape index (κ3) is 3.71. The molecule has 11 heteroatoms. The van der Waals surface area contributed by atoms with Gasteiger partial charge >= 0.3 is 5.97 Å². The molecular weight excluding hydrogens is 356 g/mol. The number of anilines is 1. The van der Waals surface area contributed by atoms with Crippen LogP contribution in [0.2, 0.25) is 0 Å². The molecule has 0 fully saturated rings. The third-order valence-corrected chi connectivity index (χ3v) is 3.68. The monoisotopic (exact) mass is 372 g/mol. The van der Waals surface area contributed by atoms with Gasteiger partial charge in [0.2, 0.25) is 0 Å². The molecule has 3 aromatic rings. The van der Waals surface area contributed by atoms with Gasteiger partial charge in [0.05, 0.1) is 24.7 Å². The molecule has 2 amide bonds. The maximum Gasteiger partial charge on any atom is 0.339 e. The smallest absolute Gasteiger partial charge is 0.339 e. The van der Waals surface area contributed by atoms with E-state index in [1.807, 2.05) is 0 Å². The number of hydrogen-bond donors (Lipinski definition) is 3. The second-order valence-electron chi connectivity index (χ2n) is 5.62. The summed E-state index contributed by atoms with van der Waals surface area (Å²) < 4.78 is 7.65. The molecule has 3 aromatic heterocycles. The number of nitrogens with zero attached hydrogens (tertiary/aromatic N) is 4. The molecule has 3 rings (SSSR count). The van der Waals surface area contributed by atoms with E-state index in [4.69, 9.17) is 4.42 Å². The molecule has 3 heterocycles. The topological polar surface area (TPSA) is 144 Å². The Labute approximate surface area is 152 Å². The highest BCUT2D eigenvalue weighted by atomic mass is 16.4. The van der Waals surface area contributed by atoms with E-state index in [1.165, 1.54) is 24.2 Å². The van der Waals surface area contributed by atoms with Crippen LogP contribution in [0.3, 0.4) is 0 Å². The molecule has 0 spiro atoms. The number of amides is 2. The normalized spacial score (nSPS) is 10.6. The first-order chi connectivity index (χ1) is 12.9. The van der Waals surface area contributed by atoms with Crippen molar-refractivity contribution in [2.45, 2.75) is 6.54 Å². The van der Waals surface area contributed by atoms with Gasteiger partial charge in [-0.3, -0.25) is 19.0 Å². The van der Waals surface area contributed by atoms with Crippen LogP contribution < -0.4 is 10.6 Å². The van der Waals surface area contributed by atoms with Crippen LogP contribution in [-0.2, 0) is 20.6 Å². The average molecular weight is 372 g/mol. The van der Waals surface area contributed by atoms with Crippen LogP contribution in [0.1, 0.15) is 37.1 Å². The van der Waals surface area contributed by atoms with E-state index in [-0.39, 0.29) is 29.2 Å². The van der Waals surface area contributed by atoms with Gasteiger partial charge in [0, 0.05) is 20.3 Å². The Bertz CT molecular complexity index is 1000. The molecule has 0 aromatic carbocycles. The quantitative estimate of drug-likeness (QED) is 0.575. The van der Waals surface area contributed by atoms with Gasteiger partial charge < -0.3 is 20.2 Å². The number of rotatable bonds is 6. The van der Waals surface area contributed by atoms with Gasteiger partial charge in [-0.05, 0) is 12.1 Å². The third-order valence-electron chi connectivity index (χ3n) is 3.68. The van der Waals surface area contributed by atoms with Gasteiger partial charge in [0.15, 0.2) is 5.69 Å². The number of carboxylic acid groups (broad SMARTS) is 1. The molecule has 0 aliphatic heterocycles. The van der Waals surface area contributed by atoms with E-state index in [0.29, 0.717) is 5.76 Å². The number of aromatic carboxylic acids is 1. The lowest BCUT2D eigenvalue weighted by atomic mass is 10.2. The van der Waals surface area contributed by atoms with Crippen LogP contribution in [0.25, 0.3) is 0 Å². The van der Waals surface area contributed by atoms with Crippen LogP contribution in [0.15, 0.2) is 35.2 Å². The molecule has 3 N–H and O–H groups in total. The molecule has 11 nitrogen and oxygen atoms in total. The molecule has 0 radical (unpaired) electrons. The number of furan rings is 1. The van der Waals surface area contributed by atoms with Crippen molar-refractivity contribution in [3.8, 4) is 0 Å². The van der Waals surface area contributed by atoms with Crippen molar-refractivity contribution in [3.63, 3.8) is 0 Å². The number of nitrogens with one attached hydrogen (secondary N) is 2. The Balaban J connectivity index is 1.80. The highest BCUT2D eigenvalue weighted by Gasteiger charge is 2.24. The van der Waals surface area contributed by atoms with Crippen molar-refractivity contribution in [1.29, 1.82) is 0 Å². The lowest BCUT2D eigenvalue weighted by Gasteiger charge is -2.07. The minimum Gasteiger partial charge on any atom is -0.478 e. The molecule has 0 aliphatic rings. The lowest BCUT2D eigenvalue weighted by molar-refractivity contribution is 0.0692. The number of carbonyl (C=O) groups excluding carboxylic acids is 2. The molecule has 27 heavy (non-hydrogen) atoms. The summed E-state index contributed by atoms with van der Waals surface area (Å²) in [6.45, 7) is 0.153. The largest absolute Gasteiger partial charge is 0.478 e. The summed E-state index contributed by atoms with van der Waals surface area (Å²) in [5.74, 6) is -1.96. The highest BCUT2D eigenvalue weighted by molar-refractivity contribution is 6.11. The SMILES string of the molecule is Cn1cc(NC(=O)c2c(C(=O)O)cnn2C)c(C(=O)NCc2ccco2)n1. The van der Waals surface area contributed by atoms with E-state index in [9.17, 15) is 19.5 Å². The minimum atomic E-state index is -1.28. The molecule has 0 aliphatic carbocycles. The van der Waals surface area contributed by atoms with Crippen molar-refractivity contribution >= 4 is 23.5 Å². The summed E-state index contributed by atoms with van der Waals surface area (Å²) in [5, 5.41) is 22.2. The van der Waals surface area contributed by atoms with E-state index >= 15 is 0 Å². The number of carbonyl (C=O) groups is 3. The van der Waals surface area contributed by atoms with Crippen molar-refractivity contribution in [2.75, 3.05) is 5.32 Å². The van der Waals surface area contributed by atoms with Crippen LogP contribution in [0.4, 0.5) is 5.69 Å². The zero-order chi connectivity index (χ0) is 19.6. The zero-order valence-electron chi connectivity index (χ0n) is 14.5. The summed E-state index contributed by atoms with van der Waals surface area (Å²) in [4.78, 5) is 36.2. The average Bonchev–Trinajstić information content (AvgIpc) is 3.32. The van der Waals surface area contributed by atoms with Crippen LogP contribution in [-0.4, -0.2) is 42.5 Å². The molecule has 0 bridgehead atoms. The number of carboxylic acids is 1. The van der Waals surface area contributed by atoms with Crippen LogP contribution in [0.5, 0.6) is 0 Å². The summed E-state index contributed by atoms with van der Waals surface area (Å²) in [6, 6.07) is 3.40. The summed E-state index contributed by atoms with van der Waals surface area (Å²) >= 11 is 0. The fourth-order valence-electron chi connectivity index (χ4n) is 2.46. The fourth-order valence-corrected chi connectivity index (χ4v) is 2.46. The van der Waals surface area contributed by atoms with Crippen molar-refractivity contribution in [1.82, 2.24) is 24.9 Å². The predicted molar refractivity (Wildman–Crippen MR) is 91.2 cm³/mol. The van der Waals surface area contributed by atoms with E-state index in [2.05, 4.69) is 20.8 Å². The van der Waals surface area contributed by atoms with Gasteiger partial charge in [-0.2, -0.15) is 10.2 Å². The van der Waals surface area contributed by atoms with Crippen LogP contribution in [0, 0.1) is 0 Å². The molecule has 0 unspecified atom stereocenters. The molecule has 0 saturated heterocycles. The first kappa shape index (κ1) is 17.9. The summed E-state index contributed by atoms with van der Waals surface area (Å²) in [5.41, 5.74) is -0.274. The van der Waals surface area contributed by atoms with Gasteiger partial charge in [-0.1, -0.05) is 0 Å². The van der Waals surface area contributed by atoms with E-state index in [0.717, 1.165) is 10.9 Å². The first-order valence-corrected chi connectivity index (χ1v) is 7.77. The highest BCUT2D eigenvalue weighted by Crippen LogP contribution is 2.16. The number of aromatic nitrogens is 4. The van der Waals surface area contributed by atoms with Crippen LogP contribution >= 0.6 is 0 Å². The Morgan fingerprint density at radius 3 is 2.70 bits per heavy atom. The predicted octanol–water partition coefficient (Wildman–Crippen LogP) is 0.627. The van der Waals surface area contributed by atoms with Gasteiger partial charge in [-0.15, -0.1) is 0 Å². The van der Waals surface area contributed by atoms with Crippen molar-refractivity contribution in [2.24, 2.45) is 14.1 Å². The summed E-state index contributed by atoms with van der Waals surface area (Å²) in [6.07, 6.45) is 4.01. The Hall–Kier alpha value is -3.89. The molecule has 0 saturated carbocycles. The van der Waals surface area contributed by atoms with Gasteiger partial charge in [-0.25, -0.2) is 4.79 Å². The van der Waals surface area contributed by atoms with Gasteiger partial charge in [0.25, 0.3) is 11.8 Å². The Morgan fingerprint density at radius 1 is 1.26 bits per heavy atom. The summed E-state index contributed by atoms with van der Waals surface area (Å²) in [7, 11) is 3.04. The van der Waals surface area contributed by atoms with Gasteiger partial charge in [0.1, 0.15) is 17.0 Å². The standard InChI is InChI=1S/C16H16N6O5/c1-21-8-11(12(20-21)14(23)17-6-9-4-3-5-27-9)19-15(24)13-10(16(25)26)7-18-22(13)2/h3-5,7-8H,6H2,1-2H3,(H,17,23)(H,19,24)(H,25,26). The number of aryl methyl sites for hydroxylation is 2. The second kappa shape index (κ2) is 7.15. The van der Waals surface area contributed by atoms with Crippen molar-refractivity contribution in [3.05, 3.63) is 53.5 Å². The zero-order valence-corrected chi connectivity index (χ0v) is 14.5. The first-order valence-electron chi connectivity index (χ1n) is 7.77. The van der Waals surface area contributed by atoms with E-state index < -0.39 is 17.8 Å². The number of hydrogen-bond acceptors (Lipinski definition) is 6. The maximum atomic E-state index is 12.5. The fraction of sp³-hybridized carbons (Fsp3) is 0.188. The molecule has 140 valence electrons. The van der Waals surface area contributed by atoms with E-state index in [1.54, 1.807) is 19.2 Å². The Kier molecular flexibility index (Phi) is 4.75. The maximum absolute atomic E-state index is 12.5. The van der Waals surface area contributed by atoms with Crippen molar-refractivity contribution < 1.29 is 23.9 Å². The molecular formula is C16H16N6O5. The minimum absolute atomic E-state index is 0.0172.